The van der Waals surface area contributed by atoms with Crippen LogP contribution in [0, 0.1) is 20.8 Å². The number of rotatable bonds is 4. The molecule has 0 saturated heterocycles. The van der Waals surface area contributed by atoms with Gasteiger partial charge in [-0.1, -0.05) is 34.8 Å². The van der Waals surface area contributed by atoms with E-state index >= 15 is 0 Å². The van der Waals surface area contributed by atoms with E-state index in [1.165, 1.54) is 6.20 Å². The Morgan fingerprint density at radius 3 is 2.52 bits per heavy atom. The van der Waals surface area contributed by atoms with Crippen LogP contribution < -0.4 is 5.32 Å². The molecule has 2 aromatic heterocycles. The molecule has 0 saturated carbocycles. The number of hydrogen-bond acceptors (Lipinski definition) is 5. The zero-order chi connectivity index (χ0) is 18.7. The van der Waals surface area contributed by atoms with Gasteiger partial charge in [0, 0.05) is 11.9 Å². The van der Waals surface area contributed by atoms with Crippen LogP contribution >= 0.6 is 34.8 Å². The molecule has 132 valence electrons. The molecule has 0 aliphatic rings. The van der Waals surface area contributed by atoms with E-state index in [9.17, 15) is 9.59 Å². The van der Waals surface area contributed by atoms with E-state index in [0.717, 1.165) is 0 Å². The lowest BCUT2D eigenvalue weighted by molar-refractivity contribution is -0.119. The maximum Gasteiger partial charge on any atom is 0.342 e. The molecule has 0 aliphatic carbocycles. The van der Waals surface area contributed by atoms with Crippen molar-refractivity contribution in [1.29, 1.82) is 0 Å². The molecule has 9 heteroatoms. The fraction of sp³-hybridized carbons (Fsp3) is 0.250. The summed E-state index contributed by atoms with van der Waals surface area (Å²) in [5.74, 6) is -1.20. The average Bonchev–Trinajstić information content (AvgIpc) is 2.52. The monoisotopic (exact) mass is 401 g/mol. The Hall–Kier alpha value is -1.89. The summed E-state index contributed by atoms with van der Waals surface area (Å²) in [4.78, 5) is 32.0. The molecule has 0 aromatic carbocycles. The van der Waals surface area contributed by atoms with Gasteiger partial charge in [0.2, 0.25) is 0 Å². The van der Waals surface area contributed by atoms with Crippen LogP contribution in [0.1, 0.15) is 27.2 Å². The van der Waals surface area contributed by atoms with Crippen LogP contribution in [0.3, 0.4) is 0 Å². The van der Waals surface area contributed by atoms with Crippen molar-refractivity contribution in [2.75, 3.05) is 11.9 Å². The third-order valence-electron chi connectivity index (χ3n) is 3.30. The highest BCUT2D eigenvalue weighted by Gasteiger charge is 2.19. The quantitative estimate of drug-likeness (QED) is 0.613. The number of ether oxygens (including phenoxy) is 1. The summed E-state index contributed by atoms with van der Waals surface area (Å²) < 4.78 is 4.99. The second kappa shape index (κ2) is 7.99. The minimum Gasteiger partial charge on any atom is -0.452 e. The Labute approximate surface area is 159 Å². The lowest BCUT2D eigenvalue weighted by atomic mass is 10.1. The number of hydrogen-bond donors (Lipinski definition) is 1. The maximum absolute atomic E-state index is 12.1. The van der Waals surface area contributed by atoms with Crippen molar-refractivity contribution < 1.29 is 14.3 Å². The predicted molar refractivity (Wildman–Crippen MR) is 96.6 cm³/mol. The third-order valence-corrected chi connectivity index (χ3v) is 4.42. The zero-order valence-corrected chi connectivity index (χ0v) is 15.9. The summed E-state index contributed by atoms with van der Waals surface area (Å²) in [5.41, 5.74) is 1.99. The summed E-state index contributed by atoms with van der Waals surface area (Å²) in [7, 11) is 0. The number of nitrogens with one attached hydrogen (secondary N) is 1. The van der Waals surface area contributed by atoms with E-state index in [4.69, 9.17) is 39.5 Å². The van der Waals surface area contributed by atoms with E-state index in [0.29, 0.717) is 21.8 Å². The summed E-state index contributed by atoms with van der Waals surface area (Å²) in [6, 6.07) is 1.70. The molecule has 1 N–H and O–H groups in total. The van der Waals surface area contributed by atoms with Crippen molar-refractivity contribution in [3.63, 3.8) is 0 Å². The van der Waals surface area contributed by atoms with E-state index in [2.05, 4.69) is 15.3 Å². The van der Waals surface area contributed by atoms with Gasteiger partial charge in [0.1, 0.15) is 5.15 Å². The molecular formula is C16H14Cl3N3O3. The number of anilines is 1. The highest BCUT2D eigenvalue weighted by Crippen LogP contribution is 2.28. The van der Waals surface area contributed by atoms with Gasteiger partial charge >= 0.3 is 5.97 Å². The SMILES string of the molecule is Cc1cc(C)c(C(=O)OCC(=O)Nc2ncc(Cl)c(C)c2Cl)c(Cl)n1. The summed E-state index contributed by atoms with van der Waals surface area (Å²) in [5, 5.41) is 3.08. The highest BCUT2D eigenvalue weighted by atomic mass is 35.5. The summed E-state index contributed by atoms with van der Waals surface area (Å²) >= 11 is 17.9. The lowest BCUT2D eigenvalue weighted by Crippen LogP contribution is -2.22. The topological polar surface area (TPSA) is 81.2 Å². The smallest absolute Gasteiger partial charge is 0.342 e. The van der Waals surface area contributed by atoms with E-state index < -0.39 is 18.5 Å². The number of amides is 1. The van der Waals surface area contributed by atoms with Crippen molar-refractivity contribution in [2.45, 2.75) is 20.8 Å². The first-order valence-electron chi connectivity index (χ1n) is 7.12. The first kappa shape index (κ1) is 19.4. The number of aromatic nitrogens is 2. The third kappa shape index (κ3) is 4.60. The number of aryl methyl sites for hydroxylation is 2. The van der Waals surface area contributed by atoms with Crippen LogP contribution in [0.5, 0.6) is 0 Å². The van der Waals surface area contributed by atoms with Crippen LogP contribution in [0.15, 0.2) is 12.3 Å². The van der Waals surface area contributed by atoms with Gasteiger partial charge in [-0.25, -0.2) is 14.8 Å². The molecule has 2 rings (SSSR count). The number of carbonyl (C=O) groups excluding carboxylic acids is 2. The van der Waals surface area contributed by atoms with Crippen molar-refractivity contribution in [2.24, 2.45) is 0 Å². The summed E-state index contributed by atoms with van der Waals surface area (Å²) in [6.07, 6.45) is 1.37. The normalized spacial score (nSPS) is 10.5. The molecule has 2 aromatic rings. The highest BCUT2D eigenvalue weighted by molar-refractivity contribution is 6.37. The molecule has 0 spiro atoms. The van der Waals surface area contributed by atoms with Crippen molar-refractivity contribution in [3.8, 4) is 0 Å². The first-order chi connectivity index (χ1) is 11.7. The van der Waals surface area contributed by atoms with Crippen LogP contribution in [0.2, 0.25) is 15.2 Å². The summed E-state index contributed by atoms with van der Waals surface area (Å²) in [6.45, 7) is 4.63. The molecule has 0 atom stereocenters. The van der Waals surface area contributed by atoms with Gasteiger partial charge in [0.25, 0.3) is 5.91 Å². The lowest BCUT2D eigenvalue weighted by Gasteiger charge is -2.11. The Kier molecular flexibility index (Phi) is 6.21. The fourth-order valence-electron chi connectivity index (χ4n) is 2.05. The molecule has 0 fully saturated rings. The van der Waals surface area contributed by atoms with E-state index in [-0.39, 0.29) is 21.6 Å². The van der Waals surface area contributed by atoms with Gasteiger partial charge < -0.3 is 10.1 Å². The molecule has 6 nitrogen and oxygen atoms in total. The number of carbonyl (C=O) groups is 2. The molecule has 0 unspecified atom stereocenters. The van der Waals surface area contributed by atoms with Crippen molar-refractivity contribution in [3.05, 3.63) is 49.8 Å². The number of halogens is 3. The Morgan fingerprint density at radius 1 is 1.20 bits per heavy atom. The Morgan fingerprint density at radius 2 is 1.88 bits per heavy atom. The molecular weight excluding hydrogens is 389 g/mol. The van der Waals surface area contributed by atoms with Gasteiger partial charge in [-0.15, -0.1) is 0 Å². The molecule has 0 aliphatic heterocycles. The molecule has 25 heavy (non-hydrogen) atoms. The van der Waals surface area contributed by atoms with Gasteiger partial charge in [0.15, 0.2) is 12.4 Å². The second-order valence-electron chi connectivity index (χ2n) is 5.26. The standard InChI is InChI=1S/C16H14Cl3N3O3/c1-7-4-8(2)21-14(19)12(7)16(24)25-6-11(23)22-15-13(18)9(3)10(17)5-20-15/h4-5H,6H2,1-3H3,(H,20,22,23). The minimum absolute atomic E-state index is 0.0287. The van der Waals surface area contributed by atoms with Crippen molar-refractivity contribution >= 4 is 52.5 Å². The van der Waals surface area contributed by atoms with E-state index in [1.807, 2.05) is 0 Å². The minimum atomic E-state index is -0.739. The molecule has 2 heterocycles. The zero-order valence-electron chi connectivity index (χ0n) is 13.6. The van der Waals surface area contributed by atoms with Gasteiger partial charge in [-0.3, -0.25) is 4.79 Å². The maximum atomic E-state index is 12.1. The van der Waals surface area contributed by atoms with Crippen LogP contribution in [-0.2, 0) is 9.53 Å². The Balaban J connectivity index is 2.03. The number of pyridine rings is 2. The number of nitrogens with zero attached hydrogens (tertiary/aromatic N) is 2. The van der Waals surface area contributed by atoms with Crippen LogP contribution in [-0.4, -0.2) is 28.5 Å². The fourth-order valence-corrected chi connectivity index (χ4v) is 2.80. The largest absolute Gasteiger partial charge is 0.452 e. The van der Waals surface area contributed by atoms with Crippen LogP contribution in [0.4, 0.5) is 5.82 Å². The van der Waals surface area contributed by atoms with Gasteiger partial charge in [-0.2, -0.15) is 0 Å². The average molecular weight is 403 g/mol. The first-order valence-corrected chi connectivity index (χ1v) is 8.25. The van der Waals surface area contributed by atoms with Crippen molar-refractivity contribution in [1.82, 2.24) is 9.97 Å². The number of esters is 1. The van der Waals surface area contributed by atoms with Gasteiger partial charge in [0.05, 0.1) is 15.6 Å². The Bertz CT molecular complexity index is 833. The van der Waals surface area contributed by atoms with E-state index in [1.54, 1.807) is 26.8 Å². The predicted octanol–water partition coefficient (Wildman–Crippen LogP) is 4.16. The second-order valence-corrected chi connectivity index (χ2v) is 6.41. The van der Waals surface area contributed by atoms with Gasteiger partial charge in [-0.05, 0) is 38.0 Å². The molecule has 0 bridgehead atoms. The van der Waals surface area contributed by atoms with Crippen LogP contribution in [0.25, 0.3) is 0 Å². The molecule has 1 amide bonds. The molecule has 0 radical (unpaired) electrons.